The van der Waals surface area contributed by atoms with Crippen molar-refractivity contribution in [1.82, 2.24) is 0 Å². The van der Waals surface area contributed by atoms with Crippen molar-refractivity contribution >= 4 is 52.4 Å². The molecule has 1 aliphatic heterocycles. The summed E-state index contributed by atoms with van der Waals surface area (Å²) in [5.41, 5.74) is 0.973. The van der Waals surface area contributed by atoms with Crippen LogP contribution < -0.4 is 15.5 Å². The van der Waals surface area contributed by atoms with E-state index >= 15 is 0 Å². The Kier molecular flexibility index (Phi) is 7.35. The fourth-order valence-corrected chi connectivity index (χ4v) is 3.77. The number of esters is 1. The molecule has 1 aliphatic rings. The van der Waals surface area contributed by atoms with Crippen LogP contribution in [0.4, 0.5) is 21.5 Å². The Morgan fingerprint density at radius 2 is 1.65 bits per heavy atom. The Morgan fingerprint density at radius 3 is 2.35 bits per heavy atom. The van der Waals surface area contributed by atoms with E-state index in [2.05, 4.69) is 10.6 Å². The lowest BCUT2D eigenvalue weighted by molar-refractivity contribution is -0.120. The van der Waals surface area contributed by atoms with Gasteiger partial charge in [-0.1, -0.05) is 29.8 Å². The molecule has 0 atom stereocenters. The van der Waals surface area contributed by atoms with E-state index in [1.54, 1.807) is 50.2 Å². The summed E-state index contributed by atoms with van der Waals surface area (Å²) in [7, 11) is 0. The molecule has 0 bridgehead atoms. The Labute approximate surface area is 216 Å². The number of rotatable bonds is 7. The molecule has 3 amide bonds. The van der Waals surface area contributed by atoms with Gasteiger partial charge in [0.1, 0.15) is 16.5 Å². The van der Waals surface area contributed by atoms with Crippen LogP contribution in [0.3, 0.4) is 0 Å². The van der Waals surface area contributed by atoms with Gasteiger partial charge in [-0.3, -0.25) is 14.4 Å². The number of nitrogens with zero attached hydrogens (tertiary/aromatic N) is 1. The zero-order valence-corrected chi connectivity index (χ0v) is 20.5. The van der Waals surface area contributed by atoms with E-state index in [4.69, 9.17) is 16.3 Å². The lowest BCUT2D eigenvalue weighted by Crippen LogP contribution is -2.32. The lowest BCUT2D eigenvalue weighted by atomic mass is 10.1. The minimum Gasteiger partial charge on any atom is -0.459 e. The third-order valence-corrected chi connectivity index (χ3v) is 5.59. The van der Waals surface area contributed by atoms with Crippen LogP contribution >= 0.6 is 11.6 Å². The van der Waals surface area contributed by atoms with E-state index < -0.39 is 29.5 Å². The van der Waals surface area contributed by atoms with Crippen LogP contribution in [0.2, 0.25) is 0 Å². The number of carbonyl (C=O) groups is 4. The molecule has 2 N–H and O–H groups in total. The molecule has 0 aliphatic carbocycles. The zero-order valence-electron chi connectivity index (χ0n) is 19.7. The number of ether oxygens (including phenoxy) is 1. The highest BCUT2D eigenvalue weighted by molar-refractivity contribution is 6.53. The topological polar surface area (TPSA) is 105 Å². The van der Waals surface area contributed by atoms with Gasteiger partial charge in [-0.25, -0.2) is 14.1 Å². The molecular formula is C27H21ClFN3O5. The van der Waals surface area contributed by atoms with Crippen molar-refractivity contribution < 1.29 is 28.3 Å². The number of benzene rings is 3. The first-order valence-corrected chi connectivity index (χ1v) is 11.6. The van der Waals surface area contributed by atoms with E-state index in [9.17, 15) is 23.6 Å². The standard InChI is InChI=1S/C27H21ClFN3O5/c1-15(2)37-27(36)20-8-3-4-9-21(20)31-24(33)16-6-5-7-18(14-16)30-23-22(28)25(34)32(26(23)35)19-12-10-17(29)11-13-19/h3-15,30H,1-2H3,(H,31,33). The summed E-state index contributed by atoms with van der Waals surface area (Å²) in [5.74, 6) is -3.10. The Bertz CT molecular complexity index is 1440. The number of carbonyl (C=O) groups excluding carboxylic acids is 4. The van der Waals surface area contributed by atoms with Crippen molar-refractivity contribution in [2.45, 2.75) is 20.0 Å². The molecule has 3 aromatic rings. The summed E-state index contributed by atoms with van der Waals surface area (Å²) in [6.07, 6.45) is -0.329. The van der Waals surface area contributed by atoms with Gasteiger partial charge in [0.15, 0.2) is 0 Å². The molecule has 0 fully saturated rings. The van der Waals surface area contributed by atoms with Crippen molar-refractivity contribution in [2.24, 2.45) is 0 Å². The summed E-state index contributed by atoms with van der Waals surface area (Å²) < 4.78 is 18.5. The molecule has 1 heterocycles. The molecule has 4 rings (SSSR count). The number of para-hydroxylation sites is 1. The Balaban J connectivity index is 1.53. The fourth-order valence-electron chi connectivity index (χ4n) is 3.56. The maximum absolute atomic E-state index is 13.3. The average molecular weight is 522 g/mol. The lowest BCUT2D eigenvalue weighted by Gasteiger charge is -2.15. The number of nitrogens with one attached hydrogen (secondary N) is 2. The van der Waals surface area contributed by atoms with E-state index in [1.807, 2.05) is 0 Å². The van der Waals surface area contributed by atoms with Crippen LogP contribution in [-0.4, -0.2) is 29.8 Å². The number of imide groups is 1. The number of anilines is 3. The largest absolute Gasteiger partial charge is 0.459 e. The van der Waals surface area contributed by atoms with Crippen molar-refractivity contribution in [2.75, 3.05) is 15.5 Å². The summed E-state index contributed by atoms with van der Waals surface area (Å²) in [6, 6.07) is 17.4. The first-order valence-electron chi connectivity index (χ1n) is 11.2. The summed E-state index contributed by atoms with van der Waals surface area (Å²) in [5, 5.41) is 5.15. The van der Waals surface area contributed by atoms with Gasteiger partial charge in [0.2, 0.25) is 0 Å². The molecule has 8 nitrogen and oxygen atoms in total. The molecule has 10 heteroatoms. The molecular weight excluding hydrogens is 501 g/mol. The van der Waals surface area contributed by atoms with Gasteiger partial charge >= 0.3 is 5.97 Å². The quantitative estimate of drug-likeness (QED) is 0.332. The van der Waals surface area contributed by atoms with Gasteiger partial charge in [0, 0.05) is 11.3 Å². The second-order valence-electron chi connectivity index (χ2n) is 8.27. The van der Waals surface area contributed by atoms with E-state index in [1.165, 1.54) is 24.3 Å². The minimum absolute atomic E-state index is 0.161. The van der Waals surface area contributed by atoms with Gasteiger partial charge in [-0.2, -0.15) is 0 Å². The molecule has 0 radical (unpaired) electrons. The Hall–Kier alpha value is -4.50. The van der Waals surface area contributed by atoms with Gasteiger partial charge in [0.25, 0.3) is 17.7 Å². The molecule has 0 saturated carbocycles. The maximum Gasteiger partial charge on any atom is 0.340 e. The number of hydrogen-bond acceptors (Lipinski definition) is 6. The molecule has 0 saturated heterocycles. The highest BCUT2D eigenvalue weighted by Gasteiger charge is 2.39. The fraction of sp³-hybridized carbons (Fsp3) is 0.111. The van der Waals surface area contributed by atoms with E-state index in [-0.39, 0.29) is 39.3 Å². The summed E-state index contributed by atoms with van der Waals surface area (Å²) in [6.45, 7) is 3.45. The van der Waals surface area contributed by atoms with Crippen LogP contribution in [0.1, 0.15) is 34.6 Å². The van der Waals surface area contributed by atoms with Crippen molar-refractivity contribution in [3.05, 3.63) is 100 Å². The van der Waals surface area contributed by atoms with Gasteiger partial charge in [-0.05, 0) is 68.4 Å². The van der Waals surface area contributed by atoms with Gasteiger partial charge in [0.05, 0.1) is 23.0 Å². The second kappa shape index (κ2) is 10.6. The minimum atomic E-state index is -0.764. The molecule has 0 aromatic heterocycles. The van der Waals surface area contributed by atoms with E-state index in [0.29, 0.717) is 5.69 Å². The van der Waals surface area contributed by atoms with Gasteiger partial charge in [-0.15, -0.1) is 0 Å². The first kappa shape index (κ1) is 25.6. The average Bonchev–Trinajstić information content (AvgIpc) is 3.07. The van der Waals surface area contributed by atoms with Crippen molar-refractivity contribution in [1.29, 1.82) is 0 Å². The van der Waals surface area contributed by atoms with Crippen LogP contribution in [-0.2, 0) is 14.3 Å². The summed E-state index contributed by atoms with van der Waals surface area (Å²) >= 11 is 6.15. The number of amides is 3. The smallest absolute Gasteiger partial charge is 0.340 e. The monoisotopic (exact) mass is 521 g/mol. The van der Waals surface area contributed by atoms with Crippen molar-refractivity contribution in [3.8, 4) is 0 Å². The number of hydrogen-bond donors (Lipinski definition) is 2. The van der Waals surface area contributed by atoms with Crippen LogP contribution in [0.15, 0.2) is 83.5 Å². The number of halogens is 2. The molecule has 0 spiro atoms. The third-order valence-electron chi connectivity index (χ3n) is 5.24. The van der Waals surface area contributed by atoms with Crippen LogP contribution in [0, 0.1) is 5.82 Å². The first-order chi connectivity index (χ1) is 17.7. The molecule has 0 unspecified atom stereocenters. The normalized spacial score (nSPS) is 13.3. The third kappa shape index (κ3) is 5.52. The highest BCUT2D eigenvalue weighted by Crippen LogP contribution is 2.30. The summed E-state index contributed by atoms with van der Waals surface area (Å²) in [4.78, 5) is 51.7. The van der Waals surface area contributed by atoms with Gasteiger partial charge < -0.3 is 15.4 Å². The van der Waals surface area contributed by atoms with Crippen molar-refractivity contribution in [3.63, 3.8) is 0 Å². The van der Waals surface area contributed by atoms with Crippen LogP contribution in [0.5, 0.6) is 0 Å². The van der Waals surface area contributed by atoms with Crippen LogP contribution in [0.25, 0.3) is 0 Å². The van der Waals surface area contributed by atoms with E-state index in [0.717, 1.165) is 17.0 Å². The predicted molar refractivity (Wildman–Crippen MR) is 137 cm³/mol. The zero-order chi connectivity index (χ0) is 26.7. The molecule has 3 aromatic carbocycles. The Morgan fingerprint density at radius 1 is 0.946 bits per heavy atom. The maximum atomic E-state index is 13.3. The molecule has 37 heavy (non-hydrogen) atoms. The highest BCUT2D eigenvalue weighted by atomic mass is 35.5. The molecule has 188 valence electrons. The second-order valence-corrected chi connectivity index (χ2v) is 8.65. The predicted octanol–water partition coefficient (Wildman–Crippen LogP) is 5.08. The SMILES string of the molecule is CC(C)OC(=O)c1ccccc1NC(=O)c1cccc(NC2=C(Cl)C(=O)N(c3ccc(F)cc3)C2=O)c1.